The van der Waals surface area contributed by atoms with E-state index in [1.165, 1.54) is 7.11 Å². The summed E-state index contributed by atoms with van der Waals surface area (Å²) < 4.78 is 40.3. The second kappa shape index (κ2) is 7.88. The topological polar surface area (TPSA) is 18.5 Å². The van der Waals surface area contributed by atoms with Gasteiger partial charge in [0.25, 0.3) is 5.92 Å². The molecule has 0 radical (unpaired) electrons. The van der Waals surface area contributed by atoms with E-state index in [2.05, 4.69) is 6.58 Å². The van der Waals surface area contributed by atoms with Crippen molar-refractivity contribution in [1.29, 1.82) is 0 Å². The molecule has 1 atom stereocenters. The minimum absolute atomic E-state index is 0.377. The second-order valence-electron chi connectivity index (χ2n) is 5.36. The highest BCUT2D eigenvalue weighted by atomic mass is 28.4. The third-order valence-electron chi connectivity index (χ3n) is 4.34. The van der Waals surface area contributed by atoms with Gasteiger partial charge in [-0.2, -0.15) is 8.78 Å². The van der Waals surface area contributed by atoms with Crippen LogP contribution in [0.5, 0.6) is 5.75 Å². The molecule has 0 heterocycles. The average Bonchev–Trinajstić information content (AvgIpc) is 2.56. The Hall–Kier alpha value is -1.20. The van der Waals surface area contributed by atoms with Crippen molar-refractivity contribution < 1.29 is 17.9 Å². The Bertz CT molecular complexity index is 479. The van der Waals surface area contributed by atoms with Gasteiger partial charge < -0.3 is 9.16 Å². The van der Waals surface area contributed by atoms with Gasteiger partial charge >= 0.3 is 0 Å². The summed E-state index contributed by atoms with van der Waals surface area (Å²) in [6.07, 6.45) is -0.683. The van der Waals surface area contributed by atoms with Gasteiger partial charge in [0.1, 0.15) is 11.9 Å². The Balaban J connectivity index is 3.34. The van der Waals surface area contributed by atoms with E-state index in [0.29, 0.717) is 17.4 Å². The second-order valence-corrected chi connectivity index (χ2v) is 10.1. The van der Waals surface area contributed by atoms with Gasteiger partial charge in [-0.15, -0.1) is 0 Å². The van der Waals surface area contributed by atoms with E-state index < -0.39 is 20.3 Å². The van der Waals surface area contributed by atoms with E-state index in [-0.39, 0.29) is 0 Å². The molecule has 0 aromatic heterocycles. The van der Waals surface area contributed by atoms with Gasteiger partial charge in [0.15, 0.2) is 8.32 Å². The summed E-state index contributed by atoms with van der Waals surface area (Å²) in [6, 6.07) is 9.21. The van der Waals surface area contributed by atoms with Gasteiger partial charge in [0.05, 0.1) is 7.11 Å². The molecule has 0 fully saturated rings. The molecule has 0 spiro atoms. The first-order valence-electron chi connectivity index (χ1n) is 7.71. The summed E-state index contributed by atoms with van der Waals surface area (Å²) in [4.78, 5) is 0. The maximum Gasteiger partial charge on any atom is 0.294 e. The van der Waals surface area contributed by atoms with Gasteiger partial charge in [0.2, 0.25) is 0 Å². The van der Waals surface area contributed by atoms with Gasteiger partial charge in [0, 0.05) is 5.56 Å². The standard InChI is InChI=1S/C17H26F2O2Si/c1-6-17(18,19)16(21-22(7-2,8-3)9-4)14-12-10-11-13-15(14)20-5/h6,10-13,16H,1,7-9H2,2-5H3. The van der Waals surface area contributed by atoms with Crippen molar-refractivity contribution in [2.24, 2.45) is 0 Å². The Morgan fingerprint density at radius 1 is 1.18 bits per heavy atom. The van der Waals surface area contributed by atoms with Gasteiger partial charge in [-0.3, -0.25) is 0 Å². The number of hydrogen-bond acceptors (Lipinski definition) is 2. The van der Waals surface area contributed by atoms with Crippen molar-refractivity contribution in [2.75, 3.05) is 7.11 Å². The SMILES string of the molecule is C=CC(F)(F)C(O[Si](CC)(CC)CC)c1ccccc1OC. The minimum Gasteiger partial charge on any atom is -0.496 e. The minimum atomic E-state index is -3.15. The van der Waals surface area contributed by atoms with Crippen LogP contribution in [-0.4, -0.2) is 21.3 Å². The smallest absolute Gasteiger partial charge is 0.294 e. The van der Waals surface area contributed by atoms with Crippen molar-refractivity contribution in [3.05, 3.63) is 42.5 Å². The van der Waals surface area contributed by atoms with Gasteiger partial charge in [-0.25, -0.2) is 0 Å². The number of hydrogen-bond donors (Lipinski definition) is 0. The van der Waals surface area contributed by atoms with Crippen LogP contribution in [0.2, 0.25) is 18.1 Å². The number of rotatable bonds is 9. The van der Waals surface area contributed by atoms with Crippen molar-refractivity contribution in [3.8, 4) is 5.75 Å². The predicted molar refractivity (Wildman–Crippen MR) is 89.2 cm³/mol. The number of para-hydroxylation sites is 1. The van der Waals surface area contributed by atoms with Crippen LogP contribution in [0.1, 0.15) is 32.4 Å². The first-order chi connectivity index (χ1) is 10.4. The molecule has 0 saturated heterocycles. The Morgan fingerprint density at radius 2 is 1.73 bits per heavy atom. The highest BCUT2D eigenvalue weighted by molar-refractivity contribution is 6.73. The number of ether oxygens (including phenoxy) is 1. The lowest BCUT2D eigenvalue weighted by Gasteiger charge is -2.36. The lowest BCUT2D eigenvalue weighted by Crippen LogP contribution is -2.42. The van der Waals surface area contributed by atoms with Crippen LogP contribution in [-0.2, 0) is 4.43 Å². The van der Waals surface area contributed by atoms with Crippen LogP contribution < -0.4 is 4.74 Å². The fourth-order valence-corrected chi connectivity index (χ4v) is 5.37. The van der Waals surface area contributed by atoms with Crippen LogP contribution >= 0.6 is 0 Å². The molecule has 5 heteroatoms. The molecule has 2 nitrogen and oxygen atoms in total. The molecule has 0 N–H and O–H groups in total. The largest absolute Gasteiger partial charge is 0.496 e. The van der Waals surface area contributed by atoms with E-state index >= 15 is 0 Å². The van der Waals surface area contributed by atoms with Crippen LogP contribution in [0.15, 0.2) is 36.9 Å². The molecule has 1 rings (SSSR count). The highest BCUT2D eigenvalue weighted by Gasteiger charge is 2.45. The molecule has 1 aromatic carbocycles. The first kappa shape index (κ1) is 18.8. The van der Waals surface area contributed by atoms with E-state index in [1.807, 2.05) is 20.8 Å². The summed E-state index contributed by atoms with van der Waals surface area (Å²) in [6.45, 7) is 9.34. The predicted octanol–water partition coefficient (Wildman–Crippen LogP) is 5.58. The molecule has 0 aliphatic rings. The molecular weight excluding hydrogens is 302 g/mol. The average molecular weight is 328 g/mol. The van der Waals surface area contributed by atoms with Crippen molar-refractivity contribution in [1.82, 2.24) is 0 Å². The lowest BCUT2D eigenvalue weighted by molar-refractivity contribution is -0.0639. The van der Waals surface area contributed by atoms with E-state index in [1.54, 1.807) is 24.3 Å². The molecule has 0 aliphatic carbocycles. The Kier molecular flexibility index (Phi) is 6.75. The first-order valence-corrected chi connectivity index (χ1v) is 10.2. The Morgan fingerprint density at radius 3 is 2.18 bits per heavy atom. The van der Waals surface area contributed by atoms with Crippen LogP contribution in [0, 0.1) is 0 Å². The van der Waals surface area contributed by atoms with Crippen molar-refractivity contribution in [2.45, 2.75) is 50.9 Å². The maximum atomic E-state index is 14.5. The third-order valence-corrected chi connectivity index (χ3v) is 8.95. The molecule has 22 heavy (non-hydrogen) atoms. The molecule has 124 valence electrons. The summed E-state index contributed by atoms with van der Waals surface area (Å²) in [7, 11) is -0.730. The molecule has 0 aliphatic heterocycles. The summed E-state index contributed by atoms with van der Waals surface area (Å²) >= 11 is 0. The number of alkyl halides is 2. The quantitative estimate of drug-likeness (QED) is 0.435. The lowest BCUT2D eigenvalue weighted by atomic mass is 10.0. The van der Waals surface area contributed by atoms with E-state index in [4.69, 9.17) is 9.16 Å². The summed E-state index contributed by atoms with van der Waals surface area (Å²) in [5, 5.41) is 0. The highest BCUT2D eigenvalue weighted by Crippen LogP contribution is 2.43. The molecule has 1 unspecified atom stereocenters. The third kappa shape index (κ3) is 3.96. The maximum absolute atomic E-state index is 14.5. The van der Waals surface area contributed by atoms with Gasteiger partial charge in [-0.05, 0) is 30.3 Å². The van der Waals surface area contributed by atoms with Crippen LogP contribution in [0.25, 0.3) is 0 Å². The van der Waals surface area contributed by atoms with Crippen LogP contribution in [0.4, 0.5) is 8.78 Å². The fourth-order valence-electron chi connectivity index (χ4n) is 2.59. The summed E-state index contributed by atoms with van der Waals surface area (Å²) in [5.74, 6) is -2.73. The van der Waals surface area contributed by atoms with Crippen molar-refractivity contribution >= 4 is 8.32 Å². The fraction of sp³-hybridized carbons (Fsp3) is 0.529. The number of halogens is 2. The normalized spacial score (nSPS) is 13.7. The molecule has 0 bridgehead atoms. The molecule has 1 aromatic rings. The monoisotopic (exact) mass is 328 g/mol. The van der Waals surface area contributed by atoms with Gasteiger partial charge in [-0.1, -0.05) is 45.5 Å². The zero-order chi connectivity index (χ0) is 16.8. The molecule has 0 amide bonds. The van der Waals surface area contributed by atoms with E-state index in [0.717, 1.165) is 18.1 Å². The zero-order valence-electron chi connectivity index (χ0n) is 13.9. The number of methoxy groups -OCH3 is 1. The number of benzene rings is 1. The summed E-state index contributed by atoms with van der Waals surface area (Å²) in [5.41, 5.74) is 0.377. The zero-order valence-corrected chi connectivity index (χ0v) is 14.9. The van der Waals surface area contributed by atoms with Crippen LogP contribution in [0.3, 0.4) is 0 Å². The molecule has 0 saturated carbocycles. The molecular formula is C17H26F2O2Si. The Labute approximate surface area is 133 Å². The van der Waals surface area contributed by atoms with E-state index in [9.17, 15) is 8.78 Å². The van der Waals surface area contributed by atoms with Crippen molar-refractivity contribution in [3.63, 3.8) is 0 Å².